The van der Waals surface area contributed by atoms with Gasteiger partial charge in [0.15, 0.2) is 5.60 Å². The molecule has 0 amide bonds. The molecule has 214 valence electrons. The number of ether oxygens (including phenoxy) is 2. The lowest BCUT2D eigenvalue weighted by atomic mass is 9.77. The molecule has 1 atom stereocenters. The molecule has 0 radical (unpaired) electrons. The summed E-state index contributed by atoms with van der Waals surface area (Å²) in [6, 6.07) is 37.4. The lowest BCUT2D eigenvalue weighted by Crippen LogP contribution is -2.35. The summed E-state index contributed by atoms with van der Waals surface area (Å²) in [7, 11) is 0. The fourth-order valence-corrected chi connectivity index (χ4v) is 6.99. The highest BCUT2D eigenvalue weighted by molar-refractivity contribution is 6.08. The van der Waals surface area contributed by atoms with E-state index in [1.165, 1.54) is 12.1 Å². The molecule has 0 aromatic heterocycles. The minimum absolute atomic E-state index is 0.275. The van der Waals surface area contributed by atoms with Gasteiger partial charge >= 0.3 is 0 Å². The first kappa shape index (κ1) is 26.4. The van der Waals surface area contributed by atoms with E-state index >= 15 is 0 Å². The number of fused-ring (bicyclic) bond motifs is 8. The van der Waals surface area contributed by atoms with Crippen LogP contribution < -0.4 is 9.47 Å². The minimum Gasteiger partial charge on any atom is -0.472 e. The third-order valence-corrected chi connectivity index (χ3v) is 9.02. The van der Waals surface area contributed by atoms with Gasteiger partial charge in [0.25, 0.3) is 0 Å². The van der Waals surface area contributed by atoms with E-state index in [9.17, 15) is 8.78 Å². The van der Waals surface area contributed by atoms with Gasteiger partial charge in [-0.25, -0.2) is 8.78 Å². The first-order valence-corrected chi connectivity index (χ1v) is 14.7. The van der Waals surface area contributed by atoms with Gasteiger partial charge in [-0.15, -0.1) is 0 Å². The monoisotopic (exact) mass is 578 g/mol. The summed E-state index contributed by atoms with van der Waals surface area (Å²) in [4.78, 5) is 0. The van der Waals surface area contributed by atoms with Gasteiger partial charge in [0.2, 0.25) is 0 Å². The molecule has 1 heterocycles. The second-order valence-corrected chi connectivity index (χ2v) is 12.0. The topological polar surface area (TPSA) is 18.5 Å². The Labute approximate surface area is 254 Å². The van der Waals surface area contributed by atoms with Crippen molar-refractivity contribution in [2.75, 3.05) is 0 Å². The van der Waals surface area contributed by atoms with Gasteiger partial charge in [-0.05, 0) is 82.2 Å². The van der Waals surface area contributed by atoms with E-state index in [2.05, 4.69) is 26.0 Å². The molecule has 8 rings (SSSR count). The second kappa shape index (κ2) is 9.65. The van der Waals surface area contributed by atoms with E-state index in [4.69, 9.17) is 9.47 Å². The Hall–Kier alpha value is -5.22. The third-order valence-electron chi connectivity index (χ3n) is 9.02. The molecule has 0 bridgehead atoms. The van der Waals surface area contributed by atoms with Crippen molar-refractivity contribution in [3.05, 3.63) is 167 Å². The molecule has 0 saturated heterocycles. The van der Waals surface area contributed by atoms with Crippen LogP contribution >= 0.6 is 0 Å². The molecule has 0 fully saturated rings. The van der Waals surface area contributed by atoms with E-state index in [-0.39, 0.29) is 11.6 Å². The van der Waals surface area contributed by atoms with Gasteiger partial charge in [0.1, 0.15) is 28.9 Å². The van der Waals surface area contributed by atoms with Crippen LogP contribution in [0.1, 0.15) is 41.7 Å². The standard InChI is InChI=1S/C40H28F2O2/c1-39(2)35-24-28(42)16-20-32(35)36-31-19-15-27(41)23-34(31)38-33(37(36)39)21-22-40(44-38,25-9-5-3-6-10-25)26-13-17-30(18-14-26)43-29-11-7-4-8-12-29/h3-24H,1-2H3. The van der Waals surface area contributed by atoms with Crippen LogP contribution in [0.3, 0.4) is 0 Å². The minimum atomic E-state index is -0.991. The third kappa shape index (κ3) is 3.91. The molecular weight excluding hydrogens is 550 g/mol. The predicted octanol–water partition coefficient (Wildman–Crippen LogP) is 10.6. The number of halogens is 2. The average Bonchev–Trinajstić information content (AvgIpc) is 3.28. The van der Waals surface area contributed by atoms with Crippen LogP contribution in [0, 0.1) is 11.6 Å². The molecule has 1 unspecified atom stereocenters. The van der Waals surface area contributed by atoms with Gasteiger partial charge in [-0.2, -0.15) is 0 Å². The number of hydrogen-bond donors (Lipinski definition) is 0. The summed E-state index contributed by atoms with van der Waals surface area (Å²) in [5.41, 5.74) is 5.16. The molecule has 2 nitrogen and oxygen atoms in total. The summed E-state index contributed by atoms with van der Waals surface area (Å²) >= 11 is 0. The highest BCUT2D eigenvalue weighted by atomic mass is 19.1. The summed E-state index contributed by atoms with van der Waals surface area (Å²) < 4.78 is 42.8. The van der Waals surface area contributed by atoms with E-state index < -0.39 is 11.0 Å². The van der Waals surface area contributed by atoms with Crippen molar-refractivity contribution in [2.45, 2.75) is 24.9 Å². The number of rotatable bonds is 4. The molecule has 1 aliphatic carbocycles. The van der Waals surface area contributed by atoms with Crippen LogP contribution in [0.4, 0.5) is 8.78 Å². The molecular formula is C40H28F2O2. The maximum atomic E-state index is 15.0. The molecule has 1 aliphatic heterocycles. The Morgan fingerprint density at radius 3 is 2.02 bits per heavy atom. The first-order valence-electron chi connectivity index (χ1n) is 14.7. The maximum Gasteiger partial charge on any atom is 0.178 e. The fourth-order valence-electron chi connectivity index (χ4n) is 6.99. The van der Waals surface area contributed by atoms with Crippen LogP contribution in [-0.2, 0) is 11.0 Å². The zero-order chi connectivity index (χ0) is 30.1. The fraction of sp³-hybridized carbons (Fsp3) is 0.100. The molecule has 2 aliphatic rings. The Balaban J connectivity index is 1.35. The molecule has 0 spiro atoms. The van der Waals surface area contributed by atoms with Crippen molar-refractivity contribution in [3.8, 4) is 28.4 Å². The van der Waals surface area contributed by atoms with Crippen molar-refractivity contribution in [1.82, 2.24) is 0 Å². The van der Waals surface area contributed by atoms with Crippen LogP contribution in [0.5, 0.6) is 17.2 Å². The van der Waals surface area contributed by atoms with Crippen molar-refractivity contribution >= 4 is 16.8 Å². The lowest BCUT2D eigenvalue weighted by Gasteiger charge is -2.38. The van der Waals surface area contributed by atoms with E-state index in [1.54, 1.807) is 12.1 Å². The molecule has 44 heavy (non-hydrogen) atoms. The quantitative estimate of drug-likeness (QED) is 0.207. The second-order valence-electron chi connectivity index (χ2n) is 12.0. The van der Waals surface area contributed by atoms with Gasteiger partial charge in [-0.3, -0.25) is 0 Å². The Bertz CT molecular complexity index is 2100. The van der Waals surface area contributed by atoms with Gasteiger partial charge in [-0.1, -0.05) is 92.7 Å². The zero-order valence-electron chi connectivity index (χ0n) is 24.3. The number of para-hydroxylation sites is 1. The van der Waals surface area contributed by atoms with Crippen LogP contribution in [0.15, 0.2) is 127 Å². The normalized spacial score (nSPS) is 17.5. The summed E-state index contributed by atoms with van der Waals surface area (Å²) in [6.45, 7) is 4.23. The predicted molar refractivity (Wildman–Crippen MR) is 171 cm³/mol. The van der Waals surface area contributed by atoms with Crippen LogP contribution in [-0.4, -0.2) is 0 Å². The SMILES string of the molecule is CC1(C)c2cc(F)ccc2-c2c1c1c(c3cc(F)ccc23)OC(c2ccccc2)(c2ccc(Oc3ccccc3)cc2)C=C1. The van der Waals surface area contributed by atoms with Crippen molar-refractivity contribution in [2.24, 2.45) is 0 Å². The van der Waals surface area contributed by atoms with Gasteiger partial charge in [0, 0.05) is 27.5 Å². The van der Waals surface area contributed by atoms with Crippen molar-refractivity contribution in [1.29, 1.82) is 0 Å². The highest BCUT2D eigenvalue weighted by Crippen LogP contribution is 2.58. The molecule has 0 saturated carbocycles. The summed E-state index contributed by atoms with van der Waals surface area (Å²) in [6.07, 6.45) is 4.19. The van der Waals surface area contributed by atoms with Gasteiger partial charge in [0.05, 0.1) is 0 Å². The molecule has 6 aromatic carbocycles. The lowest BCUT2D eigenvalue weighted by molar-refractivity contribution is 0.163. The van der Waals surface area contributed by atoms with E-state index in [0.717, 1.165) is 50.1 Å². The van der Waals surface area contributed by atoms with E-state index in [0.29, 0.717) is 16.9 Å². The molecule has 0 N–H and O–H groups in total. The van der Waals surface area contributed by atoms with Gasteiger partial charge < -0.3 is 9.47 Å². The summed E-state index contributed by atoms with van der Waals surface area (Å²) in [5, 5.41) is 1.56. The van der Waals surface area contributed by atoms with Crippen LogP contribution in [0.25, 0.3) is 28.0 Å². The Morgan fingerprint density at radius 2 is 1.27 bits per heavy atom. The Morgan fingerprint density at radius 1 is 0.636 bits per heavy atom. The van der Waals surface area contributed by atoms with Crippen molar-refractivity contribution < 1.29 is 18.3 Å². The number of hydrogen-bond acceptors (Lipinski definition) is 2. The zero-order valence-corrected chi connectivity index (χ0v) is 24.3. The largest absolute Gasteiger partial charge is 0.472 e. The smallest absolute Gasteiger partial charge is 0.178 e. The van der Waals surface area contributed by atoms with Crippen molar-refractivity contribution in [3.63, 3.8) is 0 Å². The summed E-state index contributed by atoms with van der Waals surface area (Å²) in [5.74, 6) is 1.45. The molecule has 6 aromatic rings. The molecule has 4 heteroatoms. The van der Waals surface area contributed by atoms with Crippen LogP contribution in [0.2, 0.25) is 0 Å². The number of benzene rings is 6. The Kier molecular flexibility index (Phi) is 5.79. The highest BCUT2D eigenvalue weighted by Gasteiger charge is 2.44. The van der Waals surface area contributed by atoms with E-state index in [1.807, 2.05) is 97.1 Å². The average molecular weight is 579 g/mol. The maximum absolute atomic E-state index is 15.0. The first-order chi connectivity index (χ1) is 21.3.